The van der Waals surface area contributed by atoms with Gasteiger partial charge in [0.05, 0.1) is 18.5 Å². The SMILES string of the molecule is COCc1ccccc1C(=O)N[C@@H]1CCN(c2cnn(C)c2)C1. The van der Waals surface area contributed by atoms with E-state index >= 15 is 0 Å². The zero-order valence-corrected chi connectivity index (χ0v) is 13.5. The van der Waals surface area contributed by atoms with Gasteiger partial charge in [0.2, 0.25) is 0 Å². The number of methoxy groups -OCH3 is 1. The van der Waals surface area contributed by atoms with E-state index in [1.165, 1.54) is 0 Å². The molecule has 122 valence electrons. The molecule has 6 heteroatoms. The van der Waals surface area contributed by atoms with Crippen molar-refractivity contribution in [3.63, 3.8) is 0 Å². The van der Waals surface area contributed by atoms with Gasteiger partial charge in [0.1, 0.15) is 0 Å². The van der Waals surface area contributed by atoms with Crippen LogP contribution in [0.25, 0.3) is 0 Å². The zero-order chi connectivity index (χ0) is 16.2. The molecular weight excluding hydrogens is 292 g/mol. The second kappa shape index (κ2) is 6.83. The fourth-order valence-electron chi connectivity index (χ4n) is 2.97. The van der Waals surface area contributed by atoms with Crippen molar-refractivity contribution in [2.45, 2.75) is 19.1 Å². The lowest BCUT2D eigenvalue weighted by Gasteiger charge is -2.17. The van der Waals surface area contributed by atoms with Crippen LogP contribution >= 0.6 is 0 Å². The van der Waals surface area contributed by atoms with Crippen molar-refractivity contribution in [3.05, 3.63) is 47.8 Å². The minimum Gasteiger partial charge on any atom is -0.380 e. The van der Waals surface area contributed by atoms with E-state index < -0.39 is 0 Å². The quantitative estimate of drug-likeness (QED) is 0.910. The molecule has 1 aliphatic rings. The van der Waals surface area contributed by atoms with E-state index in [0.29, 0.717) is 12.2 Å². The van der Waals surface area contributed by atoms with E-state index in [9.17, 15) is 4.79 Å². The molecule has 1 aromatic carbocycles. The van der Waals surface area contributed by atoms with Crippen LogP contribution in [0.3, 0.4) is 0 Å². The van der Waals surface area contributed by atoms with E-state index in [1.54, 1.807) is 11.8 Å². The summed E-state index contributed by atoms with van der Waals surface area (Å²) in [6.45, 7) is 2.18. The molecule has 1 N–H and O–H groups in total. The van der Waals surface area contributed by atoms with Gasteiger partial charge in [-0.2, -0.15) is 5.10 Å². The molecule has 1 atom stereocenters. The minimum atomic E-state index is -0.0318. The number of hydrogen-bond donors (Lipinski definition) is 1. The Kier molecular flexibility index (Phi) is 4.62. The van der Waals surface area contributed by atoms with Crippen LogP contribution in [0.15, 0.2) is 36.7 Å². The molecular formula is C17H22N4O2. The molecule has 0 aliphatic carbocycles. The molecule has 1 fully saturated rings. The van der Waals surface area contributed by atoms with Gasteiger partial charge in [0.25, 0.3) is 5.91 Å². The van der Waals surface area contributed by atoms with E-state index in [1.807, 2.05) is 43.7 Å². The van der Waals surface area contributed by atoms with Gasteiger partial charge in [0, 0.05) is 45.0 Å². The van der Waals surface area contributed by atoms with Gasteiger partial charge < -0.3 is 15.0 Å². The number of hydrogen-bond acceptors (Lipinski definition) is 4. The first kappa shape index (κ1) is 15.6. The van der Waals surface area contributed by atoms with Gasteiger partial charge in [-0.3, -0.25) is 9.48 Å². The largest absolute Gasteiger partial charge is 0.380 e. The van der Waals surface area contributed by atoms with E-state index in [2.05, 4.69) is 15.3 Å². The highest BCUT2D eigenvalue weighted by Crippen LogP contribution is 2.20. The standard InChI is InChI=1S/C17H22N4O2/c1-20-11-15(9-18-20)21-8-7-14(10-21)19-17(22)16-6-4-3-5-13(16)12-23-2/h3-6,9,11,14H,7-8,10,12H2,1-2H3,(H,19,22)/t14-/m1/s1. The fourth-order valence-corrected chi connectivity index (χ4v) is 2.97. The Morgan fingerprint density at radius 3 is 3.00 bits per heavy atom. The Morgan fingerprint density at radius 2 is 2.26 bits per heavy atom. The van der Waals surface area contributed by atoms with Crippen LogP contribution in [-0.4, -0.2) is 41.9 Å². The third-order valence-electron chi connectivity index (χ3n) is 4.14. The van der Waals surface area contributed by atoms with Gasteiger partial charge in [-0.05, 0) is 18.1 Å². The summed E-state index contributed by atoms with van der Waals surface area (Å²) in [6, 6.07) is 7.72. The summed E-state index contributed by atoms with van der Waals surface area (Å²) in [7, 11) is 3.54. The third kappa shape index (κ3) is 3.53. The second-order valence-electron chi connectivity index (χ2n) is 5.87. The van der Waals surface area contributed by atoms with Crippen molar-refractivity contribution >= 4 is 11.6 Å². The van der Waals surface area contributed by atoms with Crippen molar-refractivity contribution in [2.24, 2.45) is 7.05 Å². The molecule has 1 amide bonds. The van der Waals surface area contributed by atoms with Crippen molar-refractivity contribution in [3.8, 4) is 0 Å². The van der Waals surface area contributed by atoms with Crippen LogP contribution in [0.5, 0.6) is 0 Å². The first-order valence-corrected chi connectivity index (χ1v) is 7.78. The lowest BCUT2D eigenvalue weighted by molar-refractivity contribution is 0.0935. The first-order valence-electron chi connectivity index (χ1n) is 7.78. The highest BCUT2D eigenvalue weighted by atomic mass is 16.5. The van der Waals surface area contributed by atoms with Gasteiger partial charge in [-0.25, -0.2) is 0 Å². The first-order chi connectivity index (χ1) is 11.2. The molecule has 0 spiro atoms. The average molecular weight is 314 g/mol. The normalized spacial score (nSPS) is 17.5. The number of carbonyl (C=O) groups excluding carboxylic acids is 1. The molecule has 0 radical (unpaired) electrons. The Hall–Kier alpha value is -2.34. The number of amides is 1. The molecule has 6 nitrogen and oxygen atoms in total. The third-order valence-corrected chi connectivity index (χ3v) is 4.14. The van der Waals surface area contributed by atoms with Crippen LogP contribution in [0.1, 0.15) is 22.3 Å². The smallest absolute Gasteiger partial charge is 0.251 e. The molecule has 1 aromatic heterocycles. The highest BCUT2D eigenvalue weighted by Gasteiger charge is 2.25. The molecule has 1 aliphatic heterocycles. The number of rotatable bonds is 5. The number of ether oxygens (including phenoxy) is 1. The summed E-state index contributed by atoms with van der Waals surface area (Å²) in [6.07, 6.45) is 4.79. The number of carbonyl (C=O) groups is 1. The van der Waals surface area contributed by atoms with Gasteiger partial charge >= 0.3 is 0 Å². The van der Waals surface area contributed by atoms with Crippen LogP contribution in [0.4, 0.5) is 5.69 Å². The number of nitrogens with one attached hydrogen (secondary N) is 1. The maximum absolute atomic E-state index is 12.5. The van der Waals surface area contributed by atoms with Crippen LogP contribution in [0.2, 0.25) is 0 Å². The van der Waals surface area contributed by atoms with Crippen molar-refractivity contribution < 1.29 is 9.53 Å². The Morgan fingerprint density at radius 1 is 1.43 bits per heavy atom. The van der Waals surface area contributed by atoms with E-state index in [-0.39, 0.29) is 11.9 Å². The molecule has 1 saturated heterocycles. The number of anilines is 1. The molecule has 0 saturated carbocycles. The summed E-state index contributed by atoms with van der Waals surface area (Å²) >= 11 is 0. The maximum atomic E-state index is 12.5. The van der Waals surface area contributed by atoms with Gasteiger partial charge in [0.15, 0.2) is 0 Å². The molecule has 0 bridgehead atoms. The minimum absolute atomic E-state index is 0.0318. The lowest BCUT2D eigenvalue weighted by Crippen LogP contribution is -2.37. The van der Waals surface area contributed by atoms with Crippen LogP contribution in [-0.2, 0) is 18.4 Å². The Balaban J connectivity index is 1.63. The molecule has 23 heavy (non-hydrogen) atoms. The topological polar surface area (TPSA) is 59.4 Å². The number of aryl methyl sites for hydroxylation is 1. The summed E-state index contributed by atoms with van der Waals surface area (Å²) in [5.74, 6) is -0.0318. The Bertz CT molecular complexity index is 683. The predicted octanol–water partition coefficient (Wildman–Crippen LogP) is 1.58. The van der Waals surface area contributed by atoms with Crippen LogP contribution in [0, 0.1) is 0 Å². The monoisotopic (exact) mass is 314 g/mol. The van der Waals surface area contributed by atoms with Crippen molar-refractivity contribution in [1.82, 2.24) is 15.1 Å². The maximum Gasteiger partial charge on any atom is 0.251 e. The number of benzene rings is 1. The summed E-state index contributed by atoms with van der Waals surface area (Å²) in [5.41, 5.74) is 2.70. The highest BCUT2D eigenvalue weighted by molar-refractivity contribution is 5.95. The van der Waals surface area contributed by atoms with Crippen molar-refractivity contribution in [2.75, 3.05) is 25.1 Å². The Labute approximate surface area is 136 Å². The van der Waals surface area contributed by atoms with Crippen LogP contribution < -0.4 is 10.2 Å². The fraction of sp³-hybridized carbons (Fsp3) is 0.412. The molecule has 0 unspecified atom stereocenters. The van der Waals surface area contributed by atoms with E-state index in [0.717, 1.165) is 30.8 Å². The lowest BCUT2D eigenvalue weighted by atomic mass is 10.1. The summed E-state index contributed by atoms with van der Waals surface area (Å²) in [4.78, 5) is 14.8. The van der Waals surface area contributed by atoms with Gasteiger partial charge in [-0.15, -0.1) is 0 Å². The average Bonchev–Trinajstić information content (AvgIpc) is 3.17. The number of nitrogens with zero attached hydrogens (tertiary/aromatic N) is 3. The number of aromatic nitrogens is 2. The molecule has 2 heterocycles. The molecule has 3 rings (SSSR count). The summed E-state index contributed by atoms with van der Waals surface area (Å²) < 4.78 is 6.96. The molecule has 2 aromatic rings. The zero-order valence-electron chi connectivity index (χ0n) is 13.5. The van der Waals surface area contributed by atoms with E-state index in [4.69, 9.17) is 4.74 Å². The van der Waals surface area contributed by atoms with Gasteiger partial charge in [-0.1, -0.05) is 18.2 Å². The summed E-state index contributed by atoms with van der Waals surface area (Å²) in [5, 5.41) is 7.34. The second-order valence-corrected chi connectivity index (χ2v) is 5.87. The predicted molar refractivity (Wildman–Crippen MR) is 88.4 cm³/mol. The van der Waals surface area contributed by atoms with Crippen molar-refractivity contribution in [1.29, 1.82) is 0 Å².